The Morgan fingerprint density at radius 2 is 1.55 bits per heavy atom. The van der Waals surface area contributed by atoms with Gasteiger partial charge in [-0.1, -0.05) is 42.0 Å². The van der Waals surface area contributed by atoms with Gasteiger partial charge in [-0.3, -0.25) is 14.4 Å². The SMILES string of the molecule is COC(=O)CCCCC(=O)NCc1ccc(C(=O)NCc2cccc(C)c2)cc1. The van der Waals surface area contributed by atoms with Crippen LogP contribution in [0.25, 0.3) is 0 Å². The summed E-state index contributed by atoms with van der Waals surface area (Å²) >= 11 is 0. The van der Waals surface area contributed by atoms with Gasteiger partial charge in [0.2, 0.25) is 5.91 Å². The van der Waals surface area contributed by atoms with Gasteiger partial charge in [-0.05, 0) is 43.0 Å². The molecule has 0 unspecified atom stereocenters. The minimum absolute atomic E-state index is 0.0603. The van der Waals surface area contributed by atoms with Crippen LogP contribution in [0.5, 0.6) is 0 Å². The lowest BCUT2D eigenvalue weighted by atomic mass is 10.1. The molecule has 0 atom stereocenters. The maximum absolute atomic E-state index is 12.3. The van der Waals surface area contributed by atoms with E-state index in [4.69, 9.17) is 0 Å². The second-order valence-electron chi connectivity index (χ2n) is 6.93. The zero-order chi connectivity index (χ0) is 21.1. The lowest BCUT2D eigenvalue weighted by molar-refractivity contribution is -0.140. The van der Waals surface area contributed by atoms with Crippen molar-refractivity contribution in [1.82, 2.24) is 10.6 Å². The Bertz CT molecular complexity index is 831. The molecular weight excluding hydrogens is 368 g/mol. The van der Waals surface area contributed by atoms with Gasteiger partial charge in [-0.15, -0.1) is 0 Å². The third-order valence-corrected chi connectivity index (χ3v) is 4.50. The van der Waals surface area contributed by atoms with E-state index in [1.54, 1.807) is 12.1 Å². The molecule has 2 N–H and O–H groups in total. The van der Waals surface area contributed by atoms with Gasteiger partial charge >= 0.3 is 5.97 Å². The highest BCUT2D eigenvalue weighted by molar-refractivity contribution is 5.94. The maximum Gasteiger partial charge on any atom is 0.305 e. The third kappa shape index (κ3) is 8.17. The van der Waals surface area contributed by atoms with Crippen LogP contribution in [0.4, 0.5) is 0 Å². The van der Waals surface area contributed by atoms with Crippen LogP contribution in [-0.2, 0) is 27.4 Å². The van der Waals surface area contributed by atoms with E-state index >= 15 is 0 Å². The second kappa shape index (κ2) is 11.6. The highest BCUT2D eigenvalue weighted by Gasteiger charge is 2.07. The van der Waals surface area contributed by atoms with E-state index in [1.165, 1.54) is 7.11 Å². The second-order valence-corrected chi connectivity index (χ2v) is 6.93. The van der Waals surface area contributed by atoms with Crippen molar-refractivity contribution in [2.45, 2.75) is 45.7 Å². The number of esters is 1. The van der Waals surface area contributed by atoms with E-state index in [9.17, 15) is 14.4 Å². The van der Waals surface area contributed by atoms with Gasteiger partial charge in [0, 0.05) is 31.5 Å². The summed E-state index contributed by atoms with van der Waals surface area (Å²) in [6, 6.07) is 15.2. The number of hydrogen-bond acceptors (Lipinski definition) is 4. The van der Waals surface area contributed by atoms with Crippen LogP contribution in [0.15, 0.2) is 48.5 Å². The lowest BCUT2D eigenvalue weighted by Gasteiger charge is -2.08. The largest absolute Gasteiger partial charge is 0.469 e. The van der Waals surface area contributed by atoms with Crippen molar-refractivity contribution in [3.8, 4) is 0 Å². The van der Waals surface area contributed by atoms with E-state index in [0.717, 1.165) is 16.7 Å². The zero-order valence-electron chi connectivity index (χ0n) is 17.0. The Morgan fingerprint density at radius 3 is 2.24 bits per heavy atom. The predicted molar refractivity (Wildman–Crippen MR) is 111 cm³/mol. The molecule has 0 spiro atoms. The molecule has 29 heavy (non-hydrogen) atoms. The number of carbonyl (C=O) groups excluding carboxylic acids is 3. The van der Waals surface area contributed by atoms with Gasteiger partial charge in [0.1, 0.15) is 0 Å². The van der Waals surface area contributed by atoms with Crippen LogP contribution >= 0.6 is 0 Å². The van der Waals surface area contributed by atoms with Gasteiger partial charge in [0.05, 0.1) is 7.11 Å². The van der Waals surface area contributed by atoms with E-state index < -0.39 is 0 Å². The van der Waals surface area contributed by atoms with Crippen molar-refractivity contribution in [3.63, 3.8) is 0 Å². The maximum atomic E-state index is 12.3. The Hall–Kier alpha value is -3.15. The summed E-state index contributed by atoms with van der Waals surface area (Å²) in [5.74, 6) is -0.448. The minimum Gasteiger partial charge on any atom is -0.469 e. The summed E-state index contributed by atoms with van der Waals surface area (Å²) in [5.41, 5.74) is 3.72. The molecule has 2 aromatic rings. The zero-order valence-corrected chi connectivity index (χ0v) is 17.0. The Labute approximate surface area is 171 Å². The Balaban J connectivity index is 1.71. The number of aryl methyl sites for hydroxylation is 1. The Kier molecular flexibility index (Phi) is 8.89. The number of unbranched alkanes of at least 4 members (excludes halogenated alkanes) is 1. The van der Waals surface area contributed by atoms with Gasteiger partial charge in [0.25, 0.3) is 5.91 Å². The average molecular weight is 396 g/mol. The molecule has 2 amide bonds. The molecule has 2 rings (SSSR count). The number of hydrogen-bond donors (Lipinski definition) is 2. The standard InChI is InChI=1S/C23H28N2O4/c1-17-6-5-7-19(14-17)16-25-23(28)20-12-10-18(11-13-20)15-24-21(26)8-3-4-9-22(27)29-2/h5-7,10-14H,3-4,8-9,15-16H2,1-2H3,(H,24,26)(H,25,28). The fourth-order valence-electron chi connectivity index (χ4n) is 2.83. The van der Waals surface area contributed by atoms with E-state index in [2.05, 4.69) is 15.4 Å². The molecule has 0 aliphatic rings. The molecule has 0 saturated heterocycles. The molecule has 0 bridgehead atoms. The van der Waals surface area contributed by atoms with Crippen molar-refractivity contribution in [3.05, 3.63) is 70.8 Å². The number of methoxy groups -OCH3 is 1. The third-order valence-electron chi connectivity index (χ3n) is 4.50. The topological polar surface area (TPSA) is 84.5 Å². The number of nitrogens with one attached hydrogen (secondary N) is 2. The molecule has 2 aromatic carbocycles. The molecule has 0 aromatic heterocycles. The van der Waals surface area contributed by atoms with Crippen LogP contribution in [0.1, 0.15) is 52.7 Å². The molecule has 0 heterocycles. The molecule has 154 valence electrons. The summed E-state index contributed by atoms with van der Waals surface area (Å²) in [6.45, 7) is 2.90. The first-order chi connectivity index (χ1) is 14.0. The smallest absolute Gasteiger partial charge is 0.305 e. The highest BCUT2D eigenvalue weighted by Crippen LogP contribution is 2.07. The number of carbonyl (C=O) groups is 3. The first-order valence-electron chi connectivity index (χ1n) is 9.74. The molecule has 0 fully saturated rings. The van der Waals surface area contributed by atoms with E-state index in [0.29, 0.717) is 44.3 Å². The quantitative estimate of drug-likeness (QED) is 0.477. The number of amides is 2. The summed E-state index contributed by atoms with van der Waals surface area (Å²) in [7, 11) is 1.36. The van der Waals surface area contributed by atoms with Crippen LogP contribution in [0.3, 0.4) is 0 Å². The summed E-state index contributed by atoms with van der Waals surface area (Å²) in [4.78, 5) is 35.2. The first kappa shape index (κ1) is 22.1. The fraction of sp³-hybridized carbons (Fsp3) is 0.348. The Morgan fingerprint density at radius 1 is 0.862 bits per heavy atom. The van der Waals surface area contributed by atoms with Crippen molar-refractivity contribution in [2.24, 2.45) is 0 Å². The van der Waals surface area contributed by atoms with Crippen molar-refractivity contribution < 1.29 is 19.1 Å². The van der Waals surface area contributed by atoms with Gasteiger partial charge in [-0.2, -0.15) is 0 Å². The monoisotopic (exact) mass is 396 g/mol. The molecule has 6 nitrogen and oxygen atoms in total. The van der Waals surface area contributed by atoms with Crippen LogP contribution in [-0.4, -0.2) is 24.9 Å². The fourth-order valence-corrected chi connectivity index (χ4v) is 2.83. The molecular formula is C23H28N2O4. The van der Waals surface area contributed by atoms with Crippen molar-refractivity contribution >= 4 is 17.8 Å². The van der Waals surface area contributed by atoms with Crippen molar-refractivity contribution in [2.75, 3.05) is 7.11 Å². The molecule has 0 aliphatic heterocycles. The summed E-state index contributed by atoms with van der Waals surface area (Å²) < 4.78 is 4.56. The normalized spacial score (nSPS) is 10.3. The van der Waals surface area contributed by atoms with Crippen LogP contribution in [0, 0.1) is 6.92 Å². The summed E-state index contributed by atoms with van der Waals surface area (Å²) in [6.07, 6.45) is 1.97. The molecule has 0 radical (unpaired) electrons. The van der Waals surface area contributed by atoms with Gasteiger partial charge in [0.15, 0.2) is 0 Å². The number of rotatable bonds is 10. The minimum atomic E-state index is -0.256. The lowest BCUT2D eigenvalue weighted by Crippen LogP contribution is -2.23. The highest BCUT2D eigenvalue weighted by atomic mass is 16.5. The van der Waals surface area contributed by atoms with Gasteiger partial charge < -0.3 is 15.4 Å². The first-order valence-corrected chi connectivity index (χ1v) is 9.74. The predicted octanol–water partition coefficient (Wildman–Crippen LogP) is 3.27. The number of benzene rings is 2. The van der Waals surface area contributed by atoms with E-state index in [1.807, 2.05) is 43.3 Å². The summed E-state index contributed by atoms with van der Waals surface area (Å²) in [5, 5.41) is 5.76. The van der Waals surface area contributed by atoms with Crippen LogP contribution in [0.2, 0.25) is 0 Å². The van der Waals surface area contributed by atoms with Crippen LogP contribution < -0.4 is 10.6 Å². The number of ether oxygens (including phenoxy) is 1. The van der Waals surface area contributed by atoms with Crippen molar-refractivity contribution in [1.29, 1.82) is 0 Å². The molecule has 0 aliphatic carbocycles. The average Bonchev–Trinajstić information content (AvgIpc) is 2.73. The van der Waals surface area contributed by atoms with E-state index in [-0.39, 0.29) is 17.8 Å². The molecule has 0 saturated carbocycles. The molecule has 6 heteroatoms. The van der Waals surface area contributed by atoms with Gasteiger partial charge in [-0.25, -0.2) is 0 Å².